The summed E-state index contributed by atoms with van der Waals surface area (Å²) >= 11 is 0. The van der Waals surface area contributed by atoms with Crippen LogP contribution in [-0.4, -0.2) is 29.0 Å². The number of amides is 1. The number of rotatable bonds is 5. The summed E-state index contributed by atoms with van der Waals surface area (Å²) in [6, 6.07) is 3.83. The average molecular weight is 269 g/mol. The van der Waals surface area contributed by atoms with E-state index < -0.39 is 0 Å². The number of nitrogens with one attached hydrogen (secondary N) is 2. The average Bonchev–Trinajstić information content (AvgIpc) is 2.73. The molecule has 2 aromatic heterocycles. The van der Waals surface area contributed by atoms with Gasteiger partial charge in [-0.3, -0.25) is 4.79 Å². The number of fused-ring (bicyclic) bond motifs is 1. The molecule has 5 nitrogen and oxygen atoms in total. The number of carbonyl (C=O) groups is 1. The van der Waals surface area contributed by atoms with E-state index in [2.05, 4.69) is 15.3 Å². The Morgan fingerprint density at radius 2 is 2.33 bits per heavy atom. The van der Waals surface area contributed by atoms with Crippen molar-refractivity contribution in [1.29, 1.82) is 0 Å². The van der Waals surface area contributed by atoms with E-state index >= 15 is 0 Å². The molecule has 0 atom stereocenters. The Kier molecular flexibility index (Phi) is 5.61. The number of halogens is 1. The van der Waals surface area contributed by atoms with Crippen molar-refractivity contribution in [3.8, 4) is 0 Å². The number of carbonyl (C=O) groups excluding carboxylic acids is 1. The van der Waals surface area contributed by atoms with Crippen molar-refractivity contribution >= 4 is 29.3 Å². The van der Waals surface area contributed by atoms with Crippen LogP contribution in [0.1, 0.15) is 12.0 Å². The van der Waals surface area contributed by atoms with E-state index in [1.807, 2.05) is 18.3 Å². The molecule has 18 heavy (non-hydrogen) atoms. The van der Waals surface area contributed by atoms with Crippen LogP contribution < -0.4 is 11.1 Å². The summed E-state index contributed by atoms with van der Waals surface area (Å²) < 4.78 is 0. The fraction of sp³-hybridized carbons (Fsp3) is 0.333. The van der Waals surface area contributed by atoms with Gasteiger partial charge in [0.1, 0.15) is 5.65 Å². The Morgan fingerprint density at radius 1 is 1.50 bits per heavy atom. The Balaban J connectivity index is 0.00000162. The fourth-order valence-corrected chi connectivity index (χ4v) is 1.72. The van der Waals surface area contributed by atoms with Crippen LogP contribution in [0, 0.1) is 0 Å². The molecule has 98 valence electrons. The fourth-order valence-electron chi connectivity index (χ4n) is 1.72. The van der Waals surface area contributed by atoms with Gasteiger partial charge in [-0.15, -0.1) is 12.4 Å². The lowest BCUT2D eigenvalue weighted by molar-refractivity contribution is -0.120. The minimum Gasteiger partial charge on any atom is -0.356 e. The van der Waals surface area contributed by atoms with Gasteiger partial charge in [-0.1, -0.05) is 0 Å². The molecular weight excluding hydrogens is 252 g/mol. The maximum absolute atomic E-state index is 11.6. The van der Waals surface area contributed by atoms with Gasteiger partial charge in [0, 0.05) is 24.3 Å². The largest absolute Gasteiger partial charge is 0.356 e. The van der Waals surface area contributed by atoms with Crippen LogP contribution in [0.25, 0.3) is 11.0 Å². The van der Waals surface area contributed by atoms with E-state index in [0.717, 1.165) is 23.0 Å². The normalized spacial score (nSPS) is 10.1. The first kappa shape index (κ1) is 14.5. The molecule has 6 heteroatoms. The summed E-state index contributed by atoms with van der Waals surface area (Å²) in [7, 11) is 0. The quantitative estimate of drug-likeness (QED) is 0.707. The van der Waals surface area contributed by atoms with E-state index in [1.165, 1.54) is 0 Å². The van der Waals surface area contributed by atoms with E-state index in [-0.39, 0.29) is 18.3 Å². The zero-order valence-electron chi connectivity index (χ0n) is 9.98. The number of H-pyrrole nitrogens is 1. The molecule has 0 fully saturated rings. The highest BCUT2D eigenvalue weighted by Crippen LogP contribution is 2.15. The van der Waals surface area contributed by atoms with Gasteiger partial charge in [0.05, 0.1) is 6.42 Å². The Morgan fingerprint density at radius 3 is 3.11 bits per heavy atom. The zero-order valence-corrected chi connectivity index (χ0v) is 10.8. The van der Waals surface area contributed by atoms with Crippen LogP contribution in [0.15, 0.2) is 24.5 Å². The van der Waals surface area contributed by atoms with E-state index in [1.54, 1.807) is 6.20 Å². The van der Waals surface area contributed by atoms with Crippen molar-refractivity contribution in [2.24, 2.45) is 5.73 Å². The molecule has 0 aliphatic carbocycles. The molecule has 2 heterocycles. The van der Waals surface area contributed by atoms with Gasteiger partial charge >= 0.3 is 0 Å². The Labute approximate surface area is 112 Å². The second kappa shape index (κ2) is 6.98. The molecule has 1 amide bonds. The minimum absolute atomic E-state index is 0. The van der Waals surface area contributed by atoms with Crippen LogP contribution in [0.5, 0.6) is 0 Å². The van der Waals surface area contributed by atoms with Gasteiger partial charge < -0.3 is 16.0 Å². The van der Waals surface area contributed by atoms with Crippen molar-refractivity contribution in [3.05, 3.63) is 30.1 Å². The molecule has 0 unspecified atom stereocenters. The van der Waals surface area contributed by atoms with Crippen molar-refractivity contribution in [1.82, 2.24) is 15.3 Å². The van der Waals surface area contributed by atoms with Crippen molar-refractivity contribution in [2.75, 3.05) is 13.1 Å². The number of hydrogen-bond acceptors (Lipinski definition) is 3. The van der Waals surface area contributed by atoms with Crippen molar-refractivity contribution < 1.29 is 4.79 Å². The highest BCUT2D eigenvalue weighted by Gasteiger charge is 2.08. The lowest BCUT2D eigenvalue weighted by atomic mass is 10.1. The van der Waals surface area contributed by atoms with E-state index in [4.69, 9.17) is 5.73 Å². The number of pyridine rings is 1. The van der Waals surface area contributed by atoms with Gasteiger partial charge in [-0.05, 0) is 30.7 Å². The first-order valence-corrected chi connectivity index (χ1v) is 5.69. The molecule has 0 aromatic carbocycles. The topological polar surface area (TPSA) is 83.8 Å². The molecule has 2 rings (SSSR count). The number of nitrogens with two attached hydrogens (primary N) is 1. The maximum Gasteiger partial charge on any atom is 0.224 e. The number of aromatic nitrogens is 2. The molecule has 0 bridgehead atoms. The summed E-state index contributed by atoms with van der Waals surface area (Å²) in [5.41, 5.74) is 7.15. The Bertz CT molecular complexity index is 512. The second-order valence-electron chi connectivity index (χ2n) is 3.88. The van der Waals surface area contributed by atoms with Gasteiger partial charge in [0.2, 0.25) is 5.91 Å². The van der Waals surface area contributed by atoms with Gasteiger partial charge in [-0.2, -0.15) is 0 Å². The zero-order chi connectivity index (χ0) is 12.1. The summed E-state index contributed by atoms with van der Waals surface area (Å²) in [4.78, 5) is 18.9. The molecule has 2 aromatic rings. The van der Waals surface area contributed by atoms with Gasteiger partial charge in [0.25, 0.3) is 0 Å². The first-order chi connectivity index (χ1) is 8.31. The van der Waals surface area contributed by atoms with Crippen molar-refractivity contribution in [2.45, 2.75) is 12.8 Å². The third-order valence-corrected chi connectivity index (χ3v) is 2.59. The first-order valence-electron chi connectivity index (χ1n) is 5.69. The van der Waals surface area contributed by atoms with Crippen LogP contribution in [-0.2, 0) is 11.2 Å². The van der Waals surface area contributed by atoms with Crippen LogP contribution in [0.3, 0.4) is 0 Å². The molecule has 0 aliphatic heterocycles. The molecule has 4 N–H and O–H groups in total. The minimum atomic E-state index is 0. The van der Waals surface area contributed by atoms with Crippen LogP contribution in [0.2, 0.25) is 0 Å². The number of aromatic amines is 1. The molecule has 0 spiro atoms. The summed E-state index contributed by atoms with van der Waals surface area (Å²) in [6.07, 6.45) is 4.74. The molecule has 0 saturated carbocycles. The molecule has 0 aliphatic rings. The molecular formula is C12H17ClN4O. The van der Waals surface area contributed by atoms with E-state index in [0.29, 0.717) is 19.5 Å². The number of hydrogen-bond donors (Lipinski definition) is 3. The number of nitrogens with zero attached hydrogens (tertiary/aromatic N) is 1. The molecule has 0 saturated heterocycles. The lowest BCUT2D eigenvalue weighted by Crippen LogP contribution is -2.27. The Hall–Kier alpha value is -1.59. The summed E-state index contributed by atoms with van der Waals surface area (Å²) in [6.45, 7) is 1.23. The van der Waals surface area contributed by atoms with E-state index in [9.17, 15) is 4.79 Å². The van der Waals surface area contributed by atoms with Crippen molar-refractivity contribution in [3.63, 3.8) is 0 Å². The predicted molar refractivity (Wildman–Crippen MR) is 73.7 cm³/mol. The van der Waals surface area contributed by atoms with Crippen LogP contribution >= 0.6 is 12.4 Å². The predicted octanol–water partition coefficient (Wildman–Crippen LogP) is 0.992. The lowest BCUT2D eigenvalue weighted by Gasteiger charge is -2.03. The highest BCUT2D eigenvalue weighted by molar-refractivity contribution is 5.87. The summed E-state index contributed by atoms with van der Waals surface area (Å²) in [5.74, 6) is 0.0169. The monoisotopic (exact) mass is 268 g/mol. The second-order valence-corrected chi connectivity index (χ2v) is 3.88. The third kappa shape index (κ3) is 3.45. The SMILES string of the molecule is Cl.NCCCNC(=O)Cc1c[nH]c2ncccc12. The highest BCUT2D eigenvalue weighted by atomic mass is 35.5. The standard InChI is InChI=1S/C12H16N4O.ClH/c13-4-2-6-14-11(17)7-9-8-16-12-10(9)3-1-5-15-12;/h1,3,5,8H,2,4,6-7,13H2,(H,14,17)(H,15,16);1H. The smallest absolute Gasteiger partial charge is 0.224 e. The molecule has 0 radical (unpaired) electrons. The van der Waals surface area contributed by atoms with Gasteiger partial charge in [0.15, 0.2) is 0 Å². The van der Waals surface area contributed by atoms with Crippen LogP contribution in [0.4, 0.5) is 0 Å². The maximum atomic E-state index is 11.6. The van der Waals surface area contributed by atoms with Gasteiger partial charge in [-0.25, -0.2) is 4.98 Å². The third-order valence-electron chi connectivity index (χ3n) is 2.59. The summed E-state index contributed by atoms with van der Waals surface area (Å²) in [5, 5.41) is 3.83.